The van der Waals surface area contributed by atoms with Gasteiger partial charge in [-0.15, -0.1) is 0 Å². The largest absolute Gasteiger partial charge is 0.497 e. The van der Waals surface area contributed by atoms with Crippen LogP contribution < -0.4 is 14.2 Å². The molecule has 0 aliphatic carbocycles. The van der Waals surface area contributed by atoms with Gasteiger partial charge in [-0.25, -0.2) is 0 Å². The van der Waals surface area contributed by atoms with Crippen LogP contribution in [0.15, 0.2) is 42.5 Å². The van der Waals surface area contributed by atoms with Gasteiger partial charge in [-0.1, -0.05) is 0 Å². The maximum absolute atomic E-state index is 10.6. The van der Waals surface area contributed by atoms with Crippen molar-refractivity contribution in [1.29, 1.82) is 0 Å². The normalized spacial score (nSPS) is 9.90. The standard InChI is InChI=1S/C16H16O4/c1-18-15-7-13(8-16(9-15)19-2)11-20-14-5-3-12(10-17)4-6-14/h3-10H,11H2,1-2H3. The summed E-state index contributed by atoms with van der Waals surface area (Å²) in [5.41, 5.74) is 1.57. The summed E-state index contributed by atoms with van der Waals surface area (Å²) in [6.45, 7) is 0.397. The highest BCUT2D eigenvalue weighted by molar-refractivity contribution is 5.74. The average Bonchev–Trinajstić information content (AvgIpc) is 2.53. The van der Waals surface area contributed by atoms with E-state index in [1.807, 2.05) is 18.2 Å². The molecule has 0 aliphatic heterocycles. The Balaban J connectivity index is 2.07. The fraction of sp³-hybridized carbons (Fsp3) is 0.188. The maximum atomic E-state index is 10.6. The fourth-order valence-corrected chi connectivity index (χ4v) is 1.76. The molecule has 0 atom stereocenters. The second-order valence-corrected chi connectivity index (χ2v) is 4.20. The van der Waals surface area contributed by atoms with Gasteiger partial charge >= 0.3 is 0 Å². The van der Waals surface area contributed by atoms with Crippen LogP contribution >= 0.6 is 0 Å². The number of hydrogen-bond acceptors (Lipinski definition) is 4. The molecule has 0 unspecified atom stereocenters. The van der Waals surface area contributed by atoms with Gasteiger partial charge in [0.1, 0.15) is 30.1 Å². The lowest BCUT2D eigenvalue weighted by Crippen LogP contribution is -1.97. The molecule has 0 spiro atoms. The molecule has 0 fully saturated rings. The van der Waals surface area contributed by atoms with Crippen molar-refractivity contribution < 1.29 is 19.0 Å². The highest BCUT2D eigenvalue weighted by Gasteiger charge is 2.03. The number of carbonyl (C=O) groups is 1. The number of methoxy groups -OCH3 is 2. The van der Waals surface area contributed by atoms with E-state index >= 15 is 0 Å². The highest BCUT2D eigenvalue weighted by Crippen LogP contribution is 2.23. The first-order valence-corrected chi connectivity index (χ1v) is 6.15. The number of aldehydes is 1. The minimum Gasteiger partial charge on any atom is -0.497 e. The lowest BCUT2D eigenvalue weighted by Gasteiger charge is -2.10. The van der Waals surface area contributed by atoms with E-state index in [9.17, 15) is 4.79 Å². The van der Waals surface area contributed by atoms with Gasteiger partial charge in [0, 0.05) is 11.6 Å². The number of carbonyl (C=O) groups excluding carboxylic acids is 1. The van der Waals surface area contributed by atoms with Crippen LogP contribution in [0.3, 0.4) is 0 Å². The van der Waals surface area contributed by atoms with E-state index < -0.39 is 0 Å². The van der Waals surface area contributed by atoms with Gasteiger partial charge in [0.15, 0.2) is 0 Å². The lowest BCUT2D eigenvalue weighted by molar-refractivity contribution is 0.112. The Kier molecular flexibility index (Phi) is 4.60. The number of benzene rings is 2. The summed E-state index contributed by atoms with van der Waals surface area (Å²) in [7, 11) is 3.22. The van der Waals surface area contributed by atoms with Crippen LogP contribution in [0.2, 0.25) is 0 Å². The molecule has 4 nitrogen and oxygen atoms in total. The second-order valence-electron chi connectivity index (χ2n) is 4.20. The van der Waals surface area contributed by atoms with E-state index in [1.54, 1.807) is 38.5 Å². The van der Waals surface area contributed by atoms with Gasteiger partial charge in [0.25, 0.3) is 0 Å². The van der Waals surface area contributed by atoms with Crippen LogP contribution in [0.4, 0.5) is 0 Å². The second kappa shape index (κ2) is 6.61. The third kappa shape index (κ3) is 3.51. The van der Waals surface area contributed by atoms with Crippen molar-refractivity contribution in [3.63, 3.8) is 0 Å². The quantitative estimate of drug-likeness (QED) is 0.758. The Labute approximate surface area is 117 Å². The lowest BCUT2D eigenvalue weighted by atomic mass is 10.2. The number of ether oxygens (including phenoxy) is 3. The molecule has 0 aromatic heterocycles. The zero-order valence-corrected chi connectivity index (χ0v) is 11.5. The maximum Gasteiger partial charge on any atom is 0.150 e. The predicted molar refractivity (Wildman–Crippen MR) is 75.7 cm³/mol. The topological polar surface area (TPSA) is 44.8 Å². The first kappa shape index (κ1) is 13.9. The van der Waals surface area contributed by atoms with Crippen molar-refractivity contribution in [2.45, 2.75) is 6.61 Å². The molecule has 2 aromatic carbocycles. The minimum absolute atomic E-state index is 0.397. The molecule has 0 N–H and O–H groups in total. The molecule has 2 rings (SSSR count). The predicted octanol–water partition coefficient (Wildman–Crippen LogP) is 3.10. The fourth-order valence-electron chi connectivity index (χ4n) is 1.76. The molecule has 20 heavy (non-hydrogen) atoms. The van der Waals surface area contributed by atoms with Gasteiger partial charge in [0.05, 0.1) is 14.2 Å². The molecule has 2 aromatic rings. The molecule has 104 valence electrons. The summed E-state index contributed by atoms with van der Waals surface area (Å²) >= 11 is 0. The summed E-state index contributed by atoms with van der Waals surface area (Å²) in [6, 6.07) is 12.6. The van der Waals surface area contributed by atoms with Gasteiger partial charge in [-0.2, -0.15) is 0 Å². The van der Waals surface area contributed by atoms with Crippen molar-refractivity contribution in [3.05, 3.63) is 53.6 Å². The third-order valence-electron chi connectivity index (χ3n) is 2.83. The summed E-state index contributed by atoms with van der Waals surface area (Å²) < 4.78 is 16.1. The van der Waals surface area contributed by atoms with Crippen molar-refractivity contribution >= 4 is 6.29 Å². The number of hydrogen-bond donors (Lipinski definition) is 0. The SMILES string of the molecule is COc1cc(COc2ccc(C=O)cc2)cc(OC)c1. The molecule has 0 heterocycles. The zero-order valence-electron chi connectivity index (χ0n) is 11.5. The van der Waals surface area contributed by atoms with E-state index in [0.717, 1.165) is 23.3 Å². The summed E-state index contributed by atoms with van der Waals surface area (Å²) in [6.07, 6.45) is 0.802. The van der Waals surface area contributed by atoms with Gasteiger partial charge in [-0.05, 0) is 42.0 Å². The zero-order chi connectivity index (χ0) is 14.4. The van der Waals surface area contributed by atoms with E-state index in [-0.39, 0.29) is 0 Å². The Hall–Kier alpha value is -2.49. The summed E-state index contributed by atoms with van der Waals surface area (Å²) in [4.78, 5) is 10.6. The van der Waals surface area contributed by atoms with Crippen LogP contribution in [0, 0.1) is 0 Å². The van der Waals surface area contributed by atoms with Gasteiger partial charge in [-0.3, -0.25) is 4.79 Å². The van der Waals surface area contributed by atoms with Crippen molar-refractivity contribution in [2.24, 2.45) is 0 Å². The van der Waals surface area contributed by atoms with Crippen molar-refractivity contribution in [2.75, 3.05) is 14.2 Å². The molecule has 0 bridgehead atoms. The third-order valence-corrected chi connectivity index (χ3v) is 2.83. The van der Waals surface area contributed by atoms with Crippen LogP contribution in [-0.2, 0) is 6.61 Å². The van der Waals surface area contributed by atoms with Crippen LogP contribution in [0.1, 0.15) is 15.9 Å². The molecule has 4 heteroatoms. The van der Waals surface area contributed by atoms with Crippen molar-refractivity contribution in [3.8, 4) is 17.2 Å². The smallest absolute Gasteiger partial charge is 0.150 e. The number of rotatable bonds is 6. The van der Waals surface area contributed by atoms with E-state index in [1.165, 1.54) is 0 Å². The monoisotopic (exact) mass is 272 g/mol. The van der Waals surface area contributed by atoms with Crippen LogP contribution in [-0.4, -0.2) is 20.5 Å². The molecule has 0 saturated carbocycles. The first-order valence-electron chi connectivity index (χ1n) is 6.15. The Morgan fingerprint density at radius 1 is 0.900 bits per heavy atom. The Morgan fingerprint density at radius 3 is 2.00 bits per heavy atom. The van der Waals surface area contributed by atoms with Gasteiger partial charge in [0.2, 0.25) is 0 Å². The molecule has 0 amide bonds. The first-order chi connectivity index (χ1) is 9.75. The van der Waals surface area contributed by atoms with E-state index in [4.69, 9.17) is 14.2 Å². The summed E-state index contributed by atoms with van der Waals surface area (Å²) in [5, 5.41) is 0. The van der Waals surface area contributed by atoms with Crippen LogP contribution in [0.25, 0.3) is 0 Å². The molecule has 0 aliphatic rings. The molecule has 0 radical (unpaired) electrons. The Morgan fingerprint density at radius 2 is 1.50 bits per heavy atom. The van der Waals surface area contributed by atoms with E-state index in [0.29, 0.717) is 17.9 Å². The average molecular weight is 272 g/mol. The Bertz CT molecular complexity index is 553. The highest BCUT2D eigenvalue weighted by atomic mass is 16.5. The van der Waals surface area contributed by atoms with Crippen LogP contribution in [0.5, 0.6) is 17.2 Å². The minimum atomic E-state index is 0.397. The molecular formula is C16H16O4. The van der Waals surface area contributed by atoms with Crippen molar-refractivity contribution in [1.82, 2.24) is 0 Å². The molecular weight excluding hydrogens is 256 g/mol. The van der Waals surface area contributed by atoms with Gasteiger partial charge < -0.3 is 14.2 Å². The molecule has 0 saturated heterocycles. The van der Waals surface area contributed by atoms with E-state index in [2.05, 4.69) is 0 Å². The summed E-state index contributed by atoms with van der Waals surface area (Å²) in [5.74, 6) is 2.15.